The van der Waals surface area contributed by atoms with E-state index in [2.05, 4.69) is 5.10 Å². The van der Waals surface area contributed by atoms with Crippen LogP contribution in [0, 0.1) is 6.92 Å². The third kappa shape index (κ3) is 2.62. The highest BCUT2D eigenvalue weighted by Crippen LogP contribution is 2.32. The number of benzene rings is 2. The lowest BCUT2D eigenvalue weighted by molar-refractivity contribution is 0.0943. The quantitative estimate of drug-likeness (QED) is 0.597. The van der Waals surface area contributed by atoms with Gasteiger partial charge in [0, 0.05) is 23.7 Å². The van der Waals surface area contributed by atoms with Crippen molar-refractivity contribution in [3.8, 4) is 17.0 Å². The molecule has 0 spiro atoms. The van der Waals surface area contributed by atoms with Crippen LogP contribution in [0.2, 0.25) is 0 Å². The molecule has 0 aliphatic carbocycles. The number of rotatable bonds is 2. The van der Waals surface area contributed by atoms with Crippen molar-refractivity contribution in [2.75, 3.05) is 0 Å². The van der Waals surface area contributed by atoms with E-state index in [0.29, 0.717) is 22.2 Å². The van der Waals surface area contributed by atoms with Gasteiger partial charge in [-0.3, -0.25) is 9.59 Å². The zero-order chi connectivity index (χ0) is 19.1. The van der Waals surface area contributed by atoms with Crippen LogP contribution in [0.1, 0.15) is 16.1 Å². The minimum Gasteiger partial charge on any atom is -0.506 e. The summed E-state index contributed by atoms with van der Waals surface area (Å²) >= 11 is 0. The average Bonchev–Trinajstić information content (AvgIpc) is 3.07. The highest BCUT2D eigenvalue weighted by molar-refractivity contribution is 5.96. The topological polar surface area (TPSA) is 77.1 Å². The van der Waals surface area contributed by atoms with E-state index in [1.165, 1.54) is 9.25 Å². The Kier molecular flexibility index (Phi) is 3.88. The first-order valence-electron chi connectivity index (χ1n) is 8.46. The van der Waals surface area contributed by atoms with Crippen molar-refractivity contribution in [3.63, 3.8) is 0 Å². The van der Waals surface area contributed by atoms with Gasteiger partial charge < -0.3 is 9.67 Å². The maximum atomic E-state index is 12.8. The lowest BCUT2D eigenvalue weighted by atomic mass is 10.1. The SMILES string of the molecule is Cc1cc(-c2c(O)c3ccccc3n(C)c2=O)nn1C(=O)c1ccccc1. The van der Waals surface area contributed by atoms with E-state index in [1.807, 2.05) is 6.07 Å². The number of pyridine rings is 1. The first-order chi connectivity index (χ1) is 13.0. The van der Waals surface area contributed by atoms with Gasteiger partial charge in [-0.1, -0.05) is 30.3 Å². The normalized spacial score (nSPS) is 11.0. The Morgan fingerprint density at radius 3 is 2.44 bits per heavy atom. The fourth-order valence-electron chi connectivity index (χ4n) is 3.22. The van der Waals surface area contributed by atoms with E-state index in [9.17, 15) is 14.7 Å². The van der Waals surface area contributed by atoms with Crippen molar-refractivity contribution >= 4 is 16.8 Å². The molecule has 1 N–H and O–H groups in total. The molecule has 4 aromatic rings. The van der Waals surface area contributed by atoms with Gasteiger partial charge in [0.15, 0.2) is 0 Å². The second kappa shape index (κ2) is 6.25. The van der Waals surface area contributed by atoms with Crippen LogP contribution in [-0.2, 0) is 7.05 Å². The Morgan fingerprint density at radius 2 is 1.70 bits per heavy atom. The Hall–Kier alpha value is -3.67. The first kappa shape index (κ1) is 16.8. The molecule has 27 heavy (non-hydrogen) atoms. The van der Waals surface area contributed by atoms with Gasteiger partial charge in [-0.25, -0.2) is 4.68 Å². The van der Waals surface area contributed by atoms with Gasteiger partial charge in [-0.2, -0.15) is 5.10 Å². The van der Waals surface area contributed by atoms with Crippen LogP contribution in [0.25, 0.3) is 22.2 Å². The number of hydrogen-bond donors (Lipinski definition) is 1. The van der Waals surface area contributed by atoms with E-state index in [-0.39, 0.29) is 28.5 Å². The van der Waals surface area contributed by atoms with Gasteiger partial charge in [-0.05, 0) is 37.3 Å². The highest BCUT2D eigenvalue weighted by Gasteiger charge is 2.21. The molecule has 0 saturated carbocycles. The Balaban J connectivity index is 1.91. The molecule has 6 heteroatoms. The van der Waals surface area contributed by atoms with Crippen LogP contribution in [0.5, 0.6) is 5.75 Å². The molecule has 134 valence electrons. The molecule has 0 unspecified atom stereocenters. The van der Waals surface area contributed by atoms with Crippen molar-refractivity contribution in [1.29, 1.82) is 0 Å². The minimum absolute atomic E-state index is 0.0823. The number of aryl methyl sites for hydroxylation is 2. The number of aromatic hydroxyl groups is 1. The molecular weight excluding hydrogens is 342 g/mol. The van der Waals surface area contributed by atoms with Gasteiger partial charge in [0.25, 0.3) is 11.5 Å². The number of hydrogen-bond acceptors (Lipinski definition) is 4. The number of carbonyl (C=O) groups excluding carboxylic acids is 1. The molecule has 0 radical (unpaired) electrons. The molecule has 4 rings (SSSR count). The zero-order valence-electron chi connectivity index (χ0n) is 14.9. The van der Waals surface area contributed by atoms with E-state index in [1.54, 1.807) is 68.6 Å². The fraction of sp³-hybridized carbons (Fsp3) is 0.0952. The van der Waals surface area contributed by atoms with E-state index in [4.69, 9.17) is 0 Å². The summed E-state index contributed by atoms with van der Waals surface area (Å²) in [6.07, 6.45) is 0. The standard InChI is InChI=1S/C21H17N3O3/c1-13-12-16(22-24(13)20(26)14-8-4-3-5-9-14)18-19(25)15-10-6-7-11-17(15)23(2)21(18)27/h3-12,25H,1-2H3. The predicted octanol–water partition coefficient (Wildman–Crippen LogP) is 3.10. The van der Waals surface area contributed by atoms with Gasteiger partial charge in [0.05, 0.1) is 5.52 Å². The van der Waals surface area contributed by atoms with E-state index < -0.39 is 0 Å². The van der Waals surface area contributed by atoms with Crippen LogP contribution < -0.4 is 5.56 Å². The zero-order valence-corrected chi connectivity index (χ0v) is 14.9. The molecule has 6 nitrogen and oxygen atoms in total. The Bertz CT molecular complexity index is 1240. The molecule has 0 bridgehead atoms. The summed E-state index contributed by atoms with van der Waals surface area (Å²) < 4.78 is 2.72. The van der Waals surface area contributed by atoms with Crippen LogP contribution >= 0.6 is 0 Å². The molecule has 0 amide bonds. The monoisotopic (exact) mass is 359 g/mol. The Morgan fingerprint density at radius 1 is 1.04 bits per heavy atom. The maximum Gasteiger partial charge on any atom is 0.278 e. The van der Waals surface area contributed by atoms with Crippen molar-refractivity contribution in [3.05, 3.63) is 82.3 Å². The number of aromatic nitrogens is 3. The molecule has 2 aromatic heterocycles. The number of fused-ring (bicyclic) bond motifs is 1. The molecule has 2 aromatic carbocycles. The lowest BCUT2D eigenvalue weighted by Crippen LogP contribution is -2.20. The van der Waals surface area contributed by atoms with E-state index in [0.717, 1.165) is 0 Å². The van der Waals surface area contributed by atoms with Crippen LogP contribution in [0.4, 0.5) is 0 Å². The lowest BCUT2D eigenvalue weighted by Gasteiger charge is -2.10. The molecular formula is C21H17N3O3. The van der Waals surface area contributed by atoms with E-state index >= 15 is 0 Å². The van der Waals surface area contributed by atoms with Crippen LogP contribution in [-0.4, -0.2) is 25.4 Å². The third-order valence-electron chi connectivity index (χ3n) is 4.63. The molecule has 0 fully saturated rings. The summed E-state index contributed by atoms with van der Waals surface area (Å²) in [4.78, 5) is 25.5. The van der Waals surface area contributed by atoms with Crippen LogP contribution in [0.15, 0.2) is 65.5 Å². The molecule has 0 atom stereocenters. The molecule has 0 saturated heterocycles. The smallest absolute Gasteiger partial charge is 0.278 e. The number of nitrogens with zero attached hydrogens (tertiary/aromatic N) is 3. The average molecular weight is 359 g/mol. The summed E-state index contributed by atoms with van der Waals surface area (Å²) in [6.45, 7) is 1.74. The molecule has 0 aliphatic heterocycles. The maximum absolute atomic E-state index is 12.8. The number of carbonyl (C=O) groups is 1. The van der Waals surface area contributed by atoms with Gasteiger partial charge in [0.2, 0.25) is 0 Å². The summed E-state index contributed by atoms with van der Waals surface area (Å²) in [5.74, 6) is -0.429. The van der Waals surface area contributed by atoms with Crippen molar-refractivity contribution in [1.82, 2.24) is 14.3 Å². The van der Waals surface area contributed by atoms with Crippen molar-refractivity contribution in [2.45, 2.75) is 6.92 Å². The van der Waals surface area contributed by atoms with Gasteiger partial charge in [-0.15, -0.1) is 0 Å². The molecule has 2 heterocycles. The first-order valence-corrected chi connectivity index (χ1v) is 8.46. The third-order valence-corrected chi connectivity index (χ3v) is 4.63. The van der Waals surface area contributed by atoms with Crippen LogP contribution in [0.3, 0.4) is 0 Å². The van der Waals surface area contributed by atoms with Crippen molar-refractivity contribution < 1.29 is 9.90 Å². The van der Waals surface area contributed by atoms with Gasteiger partial charge >= 0.3 is 0 Å². The highest BCUT2D eigenvalue weighted by atomic mass is 16.3. The summed E-state index contributed by atoms with van der Waals surface area (Å²) in [6, 6.07) is 17.5. The molecule has 0 aliphatic rings. The fourth-order valence-corrected chi connectivity index (χ4v) is 3.22. The summed E-state index contributed by atoms with van der Waals surface area (Å²) in [7, 11) is 1.65. The van der Waals surface area contributed by atoms with Crippen molar-refractivity contribution in [2.24, 2.45) is 7.05 Å². The second-order valence-corrected chi connectivity index (χ2v) is 6.36. The van der Waals surface area contributed by atoms with Gasteiger partial charge in [0.1, 0.15) is 17.0 Å². The largest absolute Gasteiger partial charge is 0.506 e. The summed E-state index contributed by atoms with van der Waals surface area (Å²) in [5, 5.41) is 15.6. The minimum atomic E-state index is -0.372. The second-order valence-electron chi connectivity index (χ2n) is 6.36. The Labute approximate surface area is 154 Å². The summed E-state index contributed by atoms with van der Waals surface area (Å²) in [5.41, 5.74) is 1.67. The number of para-hydroxylation sites is 1. The predicted molar refractivity (Wildman–Crippen MR) is 103 cm³/mol.